The molecule has 5 rings (SSSR count). The number of aliphatic carboxylic acids is 1. The van der Waals surface area contributed by atoms with Gasteiger partial charge in [0, 0.05) is 18.0 Å². The fourth-order valence-electron chi connectivity index (χ4n) is 5.84. The number of nitrogens with one attached hydrogen (secondary N) is 1. The van der Waals surface area contributed by atoms with Gasteiger partial charge in [0.1, 0.15) is 12.1 Å². The van der Waals surface area contributed by atoms with Crippen LogP contribution < -0.4 is 5.32 Å². The number of ether oxygens (including phenoxy) is 1. The van der Waals surface area contributed by atoms with Crippen LogP contribution in [0.2, 0.25) is 0 Å². The van der Waals surface area contributed by atoms with Crippen LogP contribution in [0.3, 0.4) is 0 Å². The van der Waals surface area contributed by atoms with Crippen LogP contribution in [0.1, 0.15) is 50.2 Å². The van der Waals surface area contributed by atoms with Crippen LogP contribution in [0.15, 0.2) is 48.5 Å². The normalized spacial score (nSPS) is 23.2. The quantitative estimate of drug-likeness (QED) is 0.726. The van der Waals surface area contributed by atoms with Crippen LogP contribution in [-0.2, 0) is 14.3 Å². The number of fused-ring (bicyclic) bond motifs is 5. The van der Waals surface area contributed by atoms with Crippen molar-refractivity contribution in [2.45, 2.75) is 56.7 Å². The average Bonchev–Trinajstić information content (AvgIpc) is 3.46. The summed E-state index contributed by atoms with van der Waals surface area (Å²) >= 11 is 0. The second kappa shape index (κ2) is 7.90. The van der Waals surface area contributed by atoms with E-state index in [0.29, 0.717) is 12.8 Å². The van der Waals surface area contributed by atoms with E-state index in [2.05, 4.69) is 29.6 Å². The molecule has 3 aliphatic rings. The van der Waals surface area contributed by atoms with E-state index in [1.807, 2.05) is 24.3 Å². The van der Waals surface area contributed by atoms with Gasteiger partial charge in [-0.15, -0.1) is 0 Å². The third kappa shape index (κ3) is 3.56. The van der Waals surface area contributed by atoms with Crippen molar-refractivity contribution in [3.05, 3.63) is 59.7 Å². The van der Waals surface area contributed by atoms with Gasteiger partial charge >= 0.3 is 12.1 Å². The average molecular weight is 449 g/mol. The molecule has 2 fully saturated rings. The molecule has 0 radical (unpaired) electrons. The highest BCUT2D eigenvalue weighted by Gasteiger charge is 2.53. The van der Waals surface area contributed by atoms with Crippen LogP contribution in [0.5, 0.6) is 0 Å². The lowest BCUT2D eigenvalue weighted by molar-refractivity contribution is -0.144. The maximum atomic E-state index is 13.3. The van der Waals surface area contributed by atoms with Gasteiger partial charge in [0.15, 0.2) is 0 Å². The van der Waals surface area contributed by atoms with Crippen molar-refractivity contribution in [3.8, 4) is 11.1 Å². The van der Waals surface area contributed by atoms with Crippen molar-refractivity contribution in [1.82, 2.24) is 10.2 Å². The third-order valence-corrected chi connectivity index (χ3v) is 7.38. The number of hydrogen-bond acceptors (Lipinski definition) is 4. The molecule has 2 amide bonds. The topological polar surface area (TPSA) is 95.9 Å². The maximum Gasteiger partial charge on any atom is 0.408 e. The van der Waals surface area contributed by atoms with Gasteiger partial charge in [-0.2, -0.15) is 0 Å². The highest BCUT2D eigenvalue weighted by molar-refractivity contribution is 5.91. The molecule has 3 atom stereocenters. The van der Waals surface area contributed by atoms with Gasteiger partial charge in [0.25, 0.3) is 0 Å². The van der Waals surface area contributed by atoms with Gasteiger partial charge in [0.05, 0.1) is 5.92 Å². The molecule has 2 aromatic rings. The molecule has 33 heavy (non-hydrogen) atoms. The number of carboxylic acid groups (broad SMARTS) is 1. The van der Waals surface area contributed by atoms with E-state index in [9.17, 15) is 19.5 Å². The van der Waals surface area contributed by atoms with E-state index in [0.717, 1.165) is 28.7 Å². The van der Waals surface area contributed by atoms with Gasteiger partial charge in [-0.3, -0.25) is 9.59 Å². The Bertz CT molecular complexity index is 1080. The number of alkyl carbamates (subject to hydrolysis) is 1. The number of rotatable bonds is 5. The smallest absolute Gasteiger partial charge is 0.408 e. The molecular weight excluding hydrogens is 420 g/mol. The molecule has 7 nitrogen and oxygen atoms in total. The second-order valence-electron chi connectivity index (χ2n) is 9.77. The van der Waals surface area contributed by atoms with E-state index in [-0.39, 0.29) is 30.5 Å². The first-order valence-corrected chi connectivity index (χ1v) is 11.5. The molecule has 2 bridgehead atoms. The Morgan fingerprint density at radius 2 is 1.64 bits per heavy atom. The molecule has 0 spiro atoms. The summed E-state index contributed by atoms with van der Waals surface area (Å²) in [5.74, 6) is -1.71. The van der Waals surface area contributed by atoms with Crippen molar-refractivity contribution >= 4 is 18.0 Å². The Hall–Kier alpha value is -3.35. The van der Waals surface area contributed by atoms with Crippen LogP contribution >= 0.6 is 0 Å². The summed E-state index contributed by atoms with van der Waals surface area (Å²) < 4.78 is 5.60. The number of carbonyl (C=O) groups excluding carboxylic acids is 2. The number of nitrogens with zero attached hydrogens (tertiary/aromatic N) is 1. The molecule has 7 heteroatoms. The summed E-state index contributed by atoms with van der Waals surface area (Å²) in [6, 6.07) is 15.8. The zero-order valence-corrected chi connectivity index (χ0v) is 18.8. The van der Waals surface area contributed by atoms with Gasteiger partial charge in [0.2, 0.25) is 5.91 Å². The first kappa shape index (κ1) is 21.5. The summed E-state index contributed by atoms with van der Waals surface area (Å²) in [7, 11) is 0. The molecule has 2 saturated heterocycles. The molecular formula is C26H28N2O5. The summed E-state index contributed by atoms with van der Waals surface area (Å²) in [4.78, 5) is 39.2. The number of carboxylic acids is 1. The predicted octanol–water partition coefficient (Wildman–Crippen LogP) is 3.77. The molecule has 172 valence electrons. The van der Waals surface area contributed by atoms with Crippen LogP contribution in [-0.4, -0.2) is 52.2 Å². The fraction of sp³-hybridized carbons (Fsp3) is 0.423. The summed E-state index contributed by atoms with van der Waals surface area (Å²) in [5.41, 5.74) is 3.34. The molecule has 2 N–H and O–H groups in total. The Kier molecular flexibility index (Phi) is 5.15. The Morgan fingerprint density at radius 1 is 1.03 bits per heavy atom. The highest BCUT2D eigenvalue weighted by Crippen LogP contribution is 2.45. The summed E-state index contributed by atoms with van der Waals surface area (Å²) in [5, 5.41) is 12.2. The lowest BCUT2D eigenvalue weighted by Gasteiger charge is -2.33. The van der Waals surface area contributed by atoms with Crippen LogP contribution in [0.25, 0.3) is 11.1 Å². The van der Waals surface area contributed by atoms with Crippen LogP contribution in [0.4, 0.5) is 4.79 Å². The van der Waals surface area contributed by atoms with Gasteiger partial charge in [-0.05, 0) is 55.4 Å². The van der Waals surface area contributed by atoms with E-state index in [4.69, 9.17) is 4.74 Å². The molecule has 0 saturated carbocycles. The number of carbonyl (C=O) groups is 3. The maximum absolute atomic E-state index is 13.3. The van der Waals surface area contributed by atoms with Gasteiger partial charge in [-0.1, -0.05) is 48.5 Å². The first-order chi connectivity index (χ1) is 15.8. The van der Waals surface area contributed by atoms with Crippen LogP contribution in [0, 0.1) is 5.92 Å². The van der Waals surface area contributed by atoms with E-state index >= 15 is 0 Å². The molecule has 2 aliphatic heterocycles. The summed E-state index contributed by atoms with van der Waals surface area (Å²) in [6.45, 7) is 3.45. The monoisotopic (exact) mass is 448 g/mol. The predicted molar refractivity (Wildman–Crippen MR) is 122 cm³/mol. The van der Waals surface area contributed by atoms with Gasteiger partial charge in [-0.25, -0.2) is 4.79 Å². The Labute approximate surface area is 192 Å². The van der Waals surface area contributed by atoms with Crippen molar-refractivity contribution in [3.63, 3.8) is 0 Å². The zero-order valence-electron chi connectivity index (χ0n) is 18.8. The number of benzene rings is 2. The Morgan fingerprint density at radius 3 is 2.21 bits per heavy atom. The van der Waals surface area contributed by atoms with Crippen molar-refractivity contribution in [1.29, 1.82) is 0 Å². The number of hydrogen-bond donors (Lipinski definition) is 2. The van der Waals surface area contributed by atoms with E-state index < -0.39 is 23.5 Å². The SMILES string of the molecule is CC(C)(NC(=O)OCC1c2ccccc2-c2ccccc21)C(=O)N1C2CCC1C(C(=O)O)C2. The number of amides is 2. The lowest BCUT2D eigenvalue weighted by Crippen LogP contribution is -2.57. The van der Waals surface area contributed by atoms with E-state index in [1.54, 1.807) is 18.7 Å². The lowest BCUT2D eigenvalue weighted by atomic mass is 9.89. The van der Waals surface area contributed by atoms with Gasteiger partial charge < -0.3 is 20.1 Å². The van der Waals surface area contributed by atoms with E-state index in [1.165, 1.54) is 0 Å². The fourth-order valence-corrected chi connectivity index (χ4v) is 5.84. The molecule has 0 aromatic heterocycles. The first-order valence-electron chi connectivity index (χ1n) is 11.5. The minimum absolute atomic E-state index is 0.0623. The molecule has 1 aliphatic carbocycles. The Balaban J connectivity index is 1.25. The minimum atomic E-state index is -1.20. The molecule has 2 heterocycles. The standard InChI is InChI=1S/C26H28N2O5/c1-26(2,24(31)28-15-11-12-22(28)20(13-15)23(29)30)27-25(32)33-14-21-18-9-5-3-7-16(18)17-8-4-6-10-19(17)21/h3-10,15,20-22H,11-14H2,1-2H3,(H,27,32)(H,29,30). The summed E-state index contributed by atoms with van der Waals surface area (Å²) in [6.07, 6.45) is 1.32. The zero-order chi connectivity index (χ0) is 23.3. The van der Waals surface area contributed by atoms with Crippen molar-refractivity contribution in [2.75, 3.05) is 6.61 Å². The largest absolute Gasteiger partial charge is 0.481 e. The third-order valence-electron chi connectivity index (χ3n) is 7.38. The van der Waals surface area contributed by atoms with Crippen molar-refractivity contribution in [2.24, 2.45) is 5.92 Å². The molecule has 2 aromatic carbocycles. The second-order valence-corrected chi connectivity index (χ2v) is 9.77. The highest BCUT2D eigenvalue weighted by atomic mass is 16.5. The minimum Gasteiger partial charge on any atom is -0.481 e. The van der Waals surface area contributed by atoms with Crippen molar-refractivity contribution < 1.29 is 24.2 Å². The molecule has 3 unspecified atom stereocenters.